The number of ether oxygens (including phenoxy) is 1. The van der Waals surface area contributed by atoms with Crippen LogP contribution in [-0.4, -0.2) is 27.5 Å². The maximum absolute atomic E-state index is 12.1. The summed E-state index contributed by atoms with van der Waals surface area (Å²) in [6.07, 6.45) is 3.04. The van der Waals surface area contributed by atoms with Crippen LogP contribution in [0.4, 0.5) is 5.69 Å². The lowest BCUT2D eigenvalue weighted by atomic mass is 10.2. The Kier molecular flexibility index (Phi) is 6.54. The molecule has 0 saturated heterocycles. The zero-order valence-electron chi connectivity index (χ0n) is 14.9. The van der Waals surface area contributed by atoms with Crippen molar-refractivity contribution in [2.24, 2.45) is 0 Å². The van der Waals surface area contributed by atoms with Crippen LogP contribution in [0.15, 0.2) is 59.5 Å². The molecule has 0 unspecified atom stereocenters. The van der Waals surface area contributed by atoms with Crippen molar-refractivity contribution >= 4 is 27.7 Å². The molecule has 7 heteroatoms. The standard InChI is InChI=1S/C19H22N2O4S/c1-14(2)21-26(23,24)17-11-9-16(10-12-17)20-19(22)13-8-15-6-4-5-7-18(15)25-3/h4-14,21H,1-3H3,(H,20,22)/b13-8+. The molecule has 0 heterocycles. The summed E-state index contributed by atoms with van der Waals surface area (Å²) in [5.41, 5.74) is 1.29. The van der Waals surface area contributed by atoms with Gasteiger partial charge in [-0.05, 0) is 50.3 Å². The Morgan fingerprint density at radius 1 is 1.08 bits per heavy atom. The van der Waals surface area contributed by atoms with E-state index in [-0.39, 0.29) is 16.8 Å². The number of nitrogens with one attached hydrogen (secondary N) is 2. The second-order valence-electron chi connectivity index (χ2n) is 5.86. The molecule has 6 nitrogen and oxygen atoms in total. The molecule has 0 aliphatic carbocycles. The van der Waals surface area contributed by atoms with Crippen LogP contribution in [0, 0.1) is 0 Å². The van der Waals surface area contributed by atoms with Gasteiger partial charge in [0.1, 0.15) is 5.75 Å². The first kappa shape index (κ1) is 19.7. The number of methoxy groups -OCH3 is 1. The average molecular weight is 374 g/mol. The zero-order chi connectivity index (χ0) is 19.2. The van der Waals surface area contributed by atoms with Crippen LogP contribution in [0.25, 0.3) is 6.08 Å². The van der Waals surface area contributed by atoms with Gasteiger partial charge in [0.2, 0.25) is 15.9 Å². The first-order valence-corrected chi connectivity index (χ1v) is 9.54. The average Bonchev–Trinajstić information content (AvgIpc) is 2.59. The minimum Gasteiger partial charge on any atom is -0.496 e. The largest absolute Gasteiger partial charge is 0.496 e. The van der Waals surface area contributed by atoms with Gasteiger partial charge in [0.25, 0.3) is 0 Å². The van der Waals surface area contributed by atoms with Crippen LogP contribution < -0.4 is 14.8 Å². The van der Waals surface area contributed by atoms with Gasteiger partial charge in [0.05, 0.1) is 12.0 Å². The highest BCUT2D eigenvalue weighted by atomic mass is 32.2. The second-order valence-corrected chi connectivity index (χ2v) is 7.58. The number of amides is 1. The maximum atomic E-state index is 12.1. The lowest BCUT2D eigenvalue weighted by molar-refractivity contribution is -0.111. The molecule has 1 amide bonds. The van der Waals surface area contributed by atoms with Gasteiger partial charge in [-0.3, -0.25) is 4.79 Å². The number of hydrogen-bond donors (Lipinski definition) is 2. The molecule has 0 spiro atoms. The number of sulfonamides is 1. The molecule has 2 rings (SSSR count). The summed E-state index contributed by atoms with van der Waals surface area (Å²) >= 11 is 0. The van der Waals surface area contributed by atoms with E-state index < -0.39 is 10.0 Å². The lowest BCUT2D eigenvalue weighted by Gasteiger charge is -2.10. The number of anilines is 1. The number of carbonyl (C=O) groups excluding carboxylic acids is 1. The third kappa shape index (κ3) is 5.44. The summed E-state index contributed by atoms with van der Waals surface area (Å²) in [5, 5.41) is 2.69. The zero-order valence-corrected chi connectivity index (χ0v) is 15.7. The summed E-state index contributed by atoms with van der Waals surface area (Å²) in [6.45, 7) is 3.50. The molecular formula is C19H22N2O4S. The van der Waals surface area contributed by atoms with E-state index in [1.807, 2.05) is 24.3 Å². The van der Waals surface area contributed by atoms with Gasteiger partial charge >= 0.3 is 0 Å². The monoisotopic (exact) mass is 374 g/mol. The Morgan fingerprint density at radius 3 is 2.35 bits per heavy atom. The van der Waals surface area contributed by atoms with Crippen molar-refractivity contribution < 1.29 is 17.9 Å². The van der Waals surface area contributed by atoms with Gasteiger partial charge in [-0.1, -0.05) is 18.2 Å². The van der Waals surface area contributed by atoms with Crippen molar-refractivity contribution in [3.8, 4) is 5.75 Å². The van der Waals surface area contributed by atoms with E-state index in [1.165, 1.54) is 18.2 Å². The van der Waals surface area contributed by atoms with E-state index in [0.717, 1.165) is 5.56 Å². The van der Waals surface area contributed by atoms with Crippen LogP contribution in [-0.2, 0) is 14.8 Å². The molecule has 2 N–H and O–H groups in total. The molecule has 0 atom stereocenters. The van der Waals surface area contributed by atoms with Crippen LogP contribution >= 0.6 is 0 Å². The highest BCUT2D eigenvalue weighted by molar-refractivity contribution is 7.89. The minimum absolute atomic E-state index is 0.147. The molecule has 0 saturated carbocycles. The van der Waals surface area contributed by atoms with E-state index in [1.54, 1.807) is 39.2 Å². The van der Waals surface area contributed by atoms with Crippen molar-refractivity contribution in [2.45, 2.75) is 24.8 Å². The van der Waals surface area contributed by atoms with Gasteiger partial charge < -0.3 is 10.1 Å². The fourth-order valence-electron chi connectivity index (χ4n) is 2.25. The molecule has 0 bridgehead atoms. The molecule has 0 aromatic heterocycles. The molecule has 2 aromatic carbocycles. The SMILES string of the molecule is COc1ccccc1/C=C/C(=O)Nc1ccc(S(=O)(=O)NC(C)C)cc1. The molecule has 2 aromatic rings. The van der Waals surface area contributed by atoms with Crippen molar-refractivity contribution in [1.82, 2.24) is 4.72 Å². The highest BCUT2D eigenvalue weighted by Gasteiger charge is 2.14. The maximum Gasteiger partial charge on any atom is 0.248 e. The topological polar surface area (TPSA) is 84.5 Å². The van der Waals surface area contributed by atoms with Crippen LogP contribution in [0.3, 0.4) is 0 Å². The van der Waals surface area contributed by atoms with E-state index in [9.17, 15) is 13.2 Å². The van der Waals surface area contributed by atoms with Gasteiger partial charge in [-0.25, -0.2) is 13.1 Å². The van der Waals surface area contributed by atoms with Crippen molar-refractivity contribution in [1.29, 1.82) is 0 Å². The fourth-order valence-corrected chi connectivity index (χ4v) is 3.50. The molecular weight excluding hydrogens is 352 g/mol. The lowest BCUT2D eigenvalue weighted by Crippen LogP contribution is -2.30. The molecule has 26 heavy (non-hydrogen) atoms. The number of para-hydroxylation sites is 1. The number of carbonyl (C=O) groups is 1. The van der Waals surface area contributed by atoms with Crippen LogP contribution in [0.1, 0.15) is 19.4 Å². The Balaban J connectivity index is 2.05. The number of benzene rings is 2. The quantitative estimate of drug-likeness (QED) is 0.730. The summed E-state index contributed by atoms with van der Waals surface area (Å²) in [4.78, 5) is 12.2. The highest BCUT2D eigenvalue weighted by Crippen LogP contribution is 2.19. The van der Waals surface area contributed by atoms with E-state index in [4.69, 9.17) is 4.74 Å². The van der Waals surface area contributed by atoms with Crippen LogP contribution in [0.5, 0.6) is 5.75 Å². The molecule has 0 fully saturated rings. The third-order valence-corrected chi connectivity index (χ3v) is 5.05. The molecule has 0 radical (unpaired) electrons. The summed E-state index contributed by atoms with van der Waals surface area (Å²) in [7, 11) is -1.98. The first-order chi connectivity index (χ1) is 12.3. The van der Waals surface area contributed by atoms with Gasteiger partial charge in [0, 0.05) is 23.4 Å². The van der Waals surface area contributed by atoms with Gasteiger partial charge in [0.15, 0.2) is 0 Å². The predicted molar refractivity (Wildman–Crippen MR) is 103 cm³/mol. The Morgan fingerprint density at radius 2 is 1.73 bits per heavy atom. The molecule has 0 aliphatic heterocycles. The Bertz CT molecular complexity index is 888. The van der Waals surface area contributed by atoms with Crippen molar-refractivity contribution in [3.63, 3.8) is 0 Å². The second kappa shape index (κ2) is 8.64. The number of hydrogen-bond acceptors (Lipinski definition) is 4. The van der Waals surface area contributed by atoms with Crippen molar-refractivity contribution in [2.75, 3.05) is 12.4 Å². The normalized spacial score (nSPS) is 11.7. The van der Waals surface area contributed by atoms with E-state index >= 15 is 0 Å². The summed E-state index contributed by atoms with van der Waals surface area (Å²) < 4.78 is 31.9. The Labute approximate surface area is 153 Å². The third-order valence-electron chi connectivity index (χ3n) is 3.38. The van der Waals surface area contributed by atoms with Gasteiger partial charge in [-0.2, -0.15) is 0 Å². The van der Waals surface area contributed by atoms with Crippen molar-refractivity contribution in [3.05, 3.63) is 60.2 Å². The number of rotatable bonds is 7. The molecule has 138 valence electrons. The minimum atomic E-state index is -3.55. The fraction of sp³-hybridized carbons (Fsp3) is 0.211. The summed E-state index contributed by atoms with van der Waals surface area (Å²) in [6, 6.07) is 13.1. The smallest absolute Gasteiger partial charge is 0.248 e. The van der Waals surface area contributed by atoms with Crippen LogP contribution in [0.2, 0.25) is 0 Å². The van der Waals surface area contributed by atoms with Gasteiger partial charge in [-0.15, -0.1) is 0 Å². The Hall–Kier alpha value is -2.64. The van der Waals surface area contributed by atoms with E-state index in [0.29, 0.717) is 11.4 Å². The summed E-state index contributed by atoms with van der Waals surface area (Å²) in [5.74, 6) is 0.343. The van der Waals surface area contributed by atoms with E-state index in [2.05, 4.69) is 10.0 Å². The molecule has 0 aliphatic rings. The first-order valence-electron chi connectivity index (χ1n) is 8.06. The predicted octanol–water partition coefficient (Wildman–Crippen LogP) is 3.03.